The van der Waals surface area contributed by atoms with Crippen molar-refractivity contribution in [2.75, 3.05) is 38.2 Å². The van der Waals surface area contributed by atoms with E-state index in [4.69, 9.17) is 10.5 Å². The maximum atomic E-state index is 6.18. The van der Waals surface area contributed by atoms with E-state index in [-0.39, 0.29) is 11.6 Å². The Hall–Kier alpha value is -1.26. The predicted molar refractivity (Wildman–Crippen MR) is 89.1 cm³/mol. The van der Waals surface area contributed by atoms with Gasteiger partial charge in [-0.1, -0.05) is 6.07 Å². The van der Waals surface area contributed by atoms with Crippen molar-refractivity contribution in [1.29, 1.82) is 0 Å². The second-order valence-corrected chi connectivity index (χ2v) is 6.83. The Morgan fingerprint density at radius 2 is 1.76 bits per heavy atom. The molecule has 21 heavy (non-hydrogen) atoms. The molecule has 1 aliphatic heterocycles. The van der Waals surface area contributed by atoms with Gasteiger partial charge >= 0.3 is 0 Å². The summed E-state index contributed by atoms with van der Waals surface area (Å²) in [5, 5.41) is 0. The molecule has 0 radical (unpaired) electrons. The van der Waals surface area contributed by atoms with Crippen LogP contribution >= 0.6 is 0 Å². The summed E-state index contributed by atoms with van der Waals surface area (Å²) in [6.07, 6.45) is 0. The minimum atomic E-state index is -0.0307. The van der Waals surface area contributed by atoms with E-state index in [9.17, 15) is 0 Å². The van der Waals surface area contributed by atoms with Gasteiger partial charge in [0.2, 0.25) is 0 Å². The van der Waals surface area contributed by atoms with Gasteiger partial charge in [0.1, 0.15) is 5.75 Å². The summed E-state index contributed by atoms with van der Waals surface area (Å²) in [5.41, 5.74) is 8.75. The van der Waals surface area contributed by atoms with Crippen molar-refractivity contribution in [2.45, 2.75) is 39.3 Å². The van der Waals surface area contributed by atoms with Crippen molar-refractivity contribution in [1.82, 2.24) is 4.90 Å². The van der Waals surface area contributed by atoms with Crippen LogP contribution in [0.15, 0.2) is 18.2 Å². The number of rotatable bonds is 3. The number of benzene rings is 1. The van der Waals surface area contributed by atoms with Gasteiger partial charge in [-0.05, 0) is 39.8 Å². The Morgan fingerprint density at radius 3 is 2.24 bits per heavy atom. The number of methoxy groups -OCH3 is 1. The molecule has 0 aliphatic carbocycles. The summed E-state index contributed by atoms with van der Waals surface area (Å²) in [6, 6.07) is 6.18. The van der Waals surface area contributed by atoms with Gasteiger partial charge in [-0.2, -0.15) is 0 Å². The first kappa shape index (κ1) is 16.1. The summed E-state index contributed by atoms with van der Waals surface area (Å²) in [5.74, 6) is 0.890. The zero-order chi connectivity index (χ0) is 15.6. The number of hydrogen-bond donors (Lipinski definition) is 1. The van der Waals surface area contributed by atoms with Crippen LogP contribution in [0.2, 0.25) is 0 Å². The molecule has 0 saturated carbocycles. The average molecular weight is 291 g/mol. The van der Waals surface area contributed by atoms with Gasteiger partial charge in [0.25, 0.3) is 0 Å². The number of nitrogens with two attached hydrogens (primary N) is 1. The second-order valence-electron chi connectivity index (χ2n) is 6.83. The Labute approximate surface area is 128 Å². The summed E-state index contributed by atoms with van der Waals surface area (Å²) in [6.45, 7) is 13.1. The fraction of sp³-hybridized carbons (Fsp3) is 0.647. The van der Waals surface area contributed by atoms with E-state index in [2.05, 4.69) is 42.7 Å². The lowest BCUT2D eigenvalue weighted by Gasteiger charge is -2.43. The molecule has 0 amide bonds. The summed E-state index contributed by atoms with van der Waals surface area (Å²) < 4.78 is 5.50. The molecule has 0 spiro atoms. The maximum absolute atomic E-state index is 6.18. The Kier molecular flexibility index (Phi) is 4.79. The van der Waals surface area contributed by atoms with Crippen LogP contribution in [-0.4, -0.2) is 43.7 Å². The van der Waals surface area contributed by atoms with Crippen molar-refractivity contribution in [3.63, 3.8) is 0 Å². The third-order valence-electron chi connectivity index (χ3n) is 4.29. The Bertz CT molecular complexity index is 471. The largest absolute Gasteiger partial charge is 0.496 e. The van der Waals surface area contributed by atoms with Crippen LogP contribution in [0.4, 0.5) is 5.69 Å². The van der Waals surface area contributed by atoms with Crippen molar-refractivity contribution >= 4 is 5.69 Å². The molecular formula is C17H29N3O. The lowest BCUT2D eigenvalue weighted by Crippen LogP contribution is -2.53. The smallest absolute Gasteiger partial charge is 0.125 e. The van der Waals surface area contributed by atoms with Crippen LogP contribution in [-0.2, 0) is 0 Å². The molecule has 1 saturated heterocycles. The van der Waals surface area contributed by atoms with E-state index in [1.54, 1.807) is 7.11 Å². The molecule has 1 aromatic carbocycles. The van der Waals surface area contributed by atoms with Crippen LogP contribution in [0.1, 0.15) is 39.3 Å². The molecule has 0 bridgehead atoms. The number of ether oxygens (including phenoxy) is 1. The lowest BCUT2D eigenvalue weighted by molar-refractivity contribution is 0.128. The van der Waals surface area contributed by atoms with Gasteiger partial charge in [-0.15, -0.1) is 0 Å². The quantitative estimate of drug-likeness (QED) is 0.929. The summed E-state index contributed by atoms with van der Waals surface area (Å²) >= 11 is 0. The molecule has 4 heteroatoms. The summed E-state index contributed by atoms with van der Waals surface area (Å²) in [7, 11) is 1.71. The van der Waals surface area contributed by atoms with Gasteiger partial charge in [0, 0.05) is 49.0 Å². The molecule has 0 unspecified atom stereocenters. The first-order valence-electron chi connectivity index (χ1n) is 7.77. The van der Waals surface area contributed by atoms with Crippen LogP contribution < -0.4 is 15.4 Å². The number of hydrogen-bond acceptors (Lipinski definition) is 4. The van der Waals surface area contributed by atoms with Crippen LogP contribution in [0, 0.1) is 0 Å². The van der Waals surface area contributed by atoms with Crippen molar-refractivity contribution in [3.05, 3.63) is 23.8 Å². The van der Waals surface area contributed by atoms with E-state index < -0.39 is 0 Å². The fourth-order valence-electron chi connectivity index (χ4n) is 3.06. The SMILES string of the molecule is COc1cccc(N2CCN(C(C)(C)C)CC2)c1[C@H](C)N. The topological polar surface area (TPSA) is 41.7 Å². The van der Waals surface area contributed by atoms with Crippen LogP contribution in [0.5, 0.6) is 5.75 Å². The number of nitrogens with zero attached hydrogens (tertiary/aromatic N) is 2. The van der Waals surface area contributed by atoms with E-state index in [1.165, 1.54) is 5.69 Å². The van der Waals surface area contributed by atoms with Crippen LogP contribution in [0.25, 0.3) is 0 Å². The molecule has 1 aliphatic rings. The first-order chi connectivity index (χ1) is 9.84. The molecule has 0 aromatic heterocycles. The van der Waals surface area contributed by atoms with Gasteiger partial charge in [0.15, 0.2) is 0 Å². The zero-order valence-corrected chi connectivity index (χ0v) is 14.0. The summed E-state index contributed by atoms with van der Waals surface area (Å²) in [4.78, 5) is 4.97. The monoisotopic (exact) mass is 291 g/mol. The van der Waals surface area contributed by atoms with Gasteiger partial charge in [-0.3, -0.25) is 4.90 Å². The standard InChI is InChI=1S/C17H29N3O/c1-13(18)16-14(7-6-8-15(16)21-5)19-9-11-20(12-10-19)17(2,3)4/h6-8,13H,9-12,18H2,1-5H3/t13-/m0/s1. The molecule has 2 N–H and O–H groups in total. The minimum absolute atomic E-state index is 0.0307. The van der Waals surface area contributed by atoms with E-state index in [1.807, 2.05) is 13.0 Å². The molecule has 4 nitrogen and oxygen atoms in total. The third-order valence-corrected chi connectivity index (χ3v) is 4.29. The third kappa shape index (κ3) is 3.50. The Balaban J connectivity index is 2.21. The van der Waals surface area contributed by atoms with Gasteiger partial charge in [0.05, 0.1) is 7.11 Å². The number of anilines is 1. The highest BCUT2D eigenvalue weighted by Gasteiger charge is 2.27. The van der Waals surface area contributed by atoms with E-state index in [0.717, 1.165) is 37.5 Å². The normalized spacial score (nSPS) is 18.7. The van der Waals surface area contributed by atoms with Gasteiger partial charge in [-0.25, -0.2) is 0 Å². The molecular weight excluding hydrogens is 262 g/mol. The van der Waals surface area contributed by atoms with Crippen LogP contribution in [0.3, 0.4) is 0 Å². The first-order valence-corrected chi connectivity index (χ1v) is 7.77. The molecule has 118 valence electrons. The number of piperazine rings is 1. The van der Waals surface area contributed by atoms with Gasteiger partial charge < -0.3 is 15.4 Å². The van der Waals surface area contributed by atoms with Crippen molar-refractivity contribution in [2.24, 2.45) is 5.73 Å². The average Bonchev–Trinajstić information content (AvgIpc) is 2.45. The lowest BCUT2D eigenvalue weighted by atomic mass is 10.0. The van der Waals surface area contributed by atoms with E-state index in [0.29, 0.717) is 0 Å². The highest BCUT2D eigenvalue weighted by molar-refractivity contribution is 5.61. The molecule has 1 heterocycles. The second kappa shape index (κ2) is 6.24. The highest BCUT2D eigenvalue weighted by atomic mass is 16.5. The van der Waals surface area contributed by atoms with Crippen molar-refractivity contribution in [3.8, 4) is 5.75 Å². The Morgan fingerprint density at radius 1 is 1.14 bits per heavy atom. The maximum Gasteiger partial charge on any atom is 0.125 e. The molecule has 2 rings (SSSR count). The predicted octanol–water partition coefficient (Wildman–Crippen LogP) is 2.64. The highest BCUT2D eigenvalue weighted by Crippen LogP contribution is 2.34. The van der Waals surface area contributed by atoms with E-state index >= 15 is 0 Å². The fourth-order valence-corrected chi connectivity index (χ4v) is 3.06. The zero-order valence-electron chi connectivity index (χ0n) is 14.0. The molecule has 1 fully saturated rings. The van der Waals surface area contributed by atoms with Crippen molar-refractivity contribution < 1.29 is 4.74 Å². The molecule has 1 atom stereocenters. The molecule has 1 aromatic rings. The minimum Gasteiger partial charge on any atom is -0.496 e.